The predicted octanol–water partition coefficient (Wildman–Crippen LogP) is 1.52. The molecule has 0 saturated heterocycles. The standard InChI is InChI=1S/C12H22N4O/c1-6(2)7-9(14)15-10(16-11(7)17)8(13)12(3,4)5/h6,8H,13H2,1-5H3,(H3,14,15,16,17). The van der Waals surface area contributed by atoms with Crippen molar-refractivity contribution in [3.8, 4) is 0 Å². The number of nitrogens with zero attached hydrogens (tertiary/aromatic N) is 1. The first-order valence-electron chi connectivity index (χ1n) is 5.79. The predicted molar refractivity (Wildman–Crippen MR) is 69.7 cm³/mol. The molecule has 0 saturated carbocycles. The van der Waals surface area contributed by atoms with Crippen molar-refractivity contribution in [3.05, 3.63) is 21.7 Å². The minimum atomic E-state index is -0.348. The molecule has 5 heteroatoms. The van der Waals surface area contributed by atoms with Gasteiger partial charge in [0.1, 0.15) is 11.6 Å². The van der Waals surface area contributed by atoms with Crippen molar-refractivity contribution >= 4 is 5.82 Å². The van der Waals surface area contributed by atoms with Crippen molar-refractivity contribution in [1.82, 2.24) is 9.97 Å². The Hall–Kier alpha value is -1.36. The maximum atomic E-state index is 11.9. The highest BCUT2D eigenvalue weighted by molar-refractivity contribution is 5.40. The maximum Gasteiger partial charge on any atom is 0.256 e. The summed E-state index contributed by atoms with van der Waals surface area (Å²) in [5.41, 5.74) is 12.0. The third-order valence-corrected chi connectivity index (χ3v) is 2.81. The van der Waals surface area contributed by atoms with Crippen LogP contribution in [0.1, 0.15) is 58.0 Å². The van der Waals surface area contributed by atoms with E-state index in [9.17, 15) is 4.79 Å². The molecule has 96 valence electrons. The van der Waals surface area contributed by atoms with E-state index in [-0.39, 0.29) is 28.8 Å². The molecule has 5 nitrogen and oxygen atoms in total. The van der Waals surface area contributed by atoms with Gasteiger partial charge in [0.15, 0.2) is 0 Å². The van der Waals surface area contributed by atoms with Gasteiger partial charge in [0.2, 0.25) is 0 Å². The van der Waals surface area contributed by atoms with Gasteiger partial charge in [-0.25, -0.2) is 4.98 Å². The molecule has 1 aromatic rings. The molecule has 0 bridgehead atoms. The summed E-state index contributed by atoms with van der Waals surface area (Å²) in [5.74, 6) is 0.772. The minimum absolute atomic E-state index is 0.0474. The van der Waals surface area contributed by atoms with E-state index in [2.05, 4.69) is 9.97 Å². The highest BCUT2D eigenvalue weighted by Gasteiger charge is 2.25. The lowest BCUT2D eigenvalue weighted by atomic mass is 9.87. The molecule has 5 N–H and O–H groups in total. The lowest BCUT2D eigenvalue weighted by molar-refractivity contribution is 0.315. The molecular weight excluding hydrogens is 216 g/mol. The average Bonchev–Trinajstić information content (AvgIpc) is 2.13. The van der Waals surface area contributed by atoms with E-state index in [0.29, 0.717) is 11.4 Å². The summed E-state index contributed by atoms with van der Waals surface area (Å²) in [6.07, 6.45) is 0. The highest BCUT2D eigenvalue weighted by Crippen LogP contribution is 2.28. The molecule has 0 aromatic carbocycles. The largest absolute Gasteiger partial charge is 0.383 e. The minimum Gasteiger partial charge on any atom is -0.383 e. The quantitative estimate of drug-likeness (QED) is 0.727. The number of aromatic amines is 1. The fraction of sp³-hybridized carbons (Fsp3) is 0.667. The van der Waals surface area contributed by atoms with Crippen LogP contribution in [0.4, 0.5) is 5.82 Å². The van der Waals surface area contributed by atoms with E-state index in [1.165, 1.54) is 0 Å². The first-order chi connectivity index (χ1) is 7.64. The molecule has 1 aromatic heterocycles. The van der Waals surface area contributed by atoms with Crippen LogP contribution in [0.5, 0.6) is 0 Å². The van der Waals surface area contributed by atoms with Crippen LogP contribution in [0.15, 0.2) is 4.79 Å². The van der Waals surface area contributed by atoms with E-state index in [4.69, 9.17) is 11.5 Å². The van der Waals surface area contributed by atoms with Crippen LogP contribution in [-0.2, 0) is 0 Å². The first-order valence-corrected chi connectivity index (χ1v) is 5.79. The molecule has 0 fully saturated rings. The highest BCUT2D eigenvalue weighted by atomic mass is 16.1. The Morgan fingerprint density at radius 2 is 1.82 bits per heavy atom. The molecule has 0 radical (unpaired) electrons. The van der Waals surface area contributed by atoms with Gasteiger partial charge >= 0.3 is 0 Å². The number of H-pyrrole nitrogens is 1. The summed E-state index contributed by atoms with van der Waals surface area (Å²) >= 11 is 0. The number of nitrogen functional groups attached to an aromatic ring is 1. The maximum absolute atomic E-state index is 11.9. The summed E-state index contributed by atoms with van der Waals surface area (Å²) in [5, 5.41) is 0. The zero-order valence-corrected chi connectivity index (χ0v) is 11.2. The summed E-state index contributed by atoms with van der Waals surface area (Å²) in [6, 6.07) is -0.348. The number of anilines is 1. The SMILES string of the molecule is CC(C)c1c(N)nc(C(N)C(C)(C)C)[nH]c1=O. The van der Waals surface area contributed by atoms with E-state index in [1.54, 1.807) is 0 Å². The first kappa shape index (κ1) is 13.7. The van der Waals surface area contributed by atoms with Gasteiger partial charge in [0.25, 0.3) is 5.56 Å². The summed E-state index contributed by atoms with van der Waals surface area (Å²) < 4.78 is 0. The Bertz CT molecular complexity index is 457. The van der Waals surface area contributed by atoms with Crippen LogP contribution in [-0.4, -0.2) is 9.97 Å². The van der Waals surface area contributed by atoms with E-state index >= 15 is 0 Å². The number of hydrogen-bond donors (Lipinski definition) is 3. The Morgan fingerprint density at radius 1 is 1.29 bits per heavy atom. The molecule has 0 spiro atoms. The van der Waals surface area contributed by atoms with Gasteiger partial charge in [0, 0.05) is 0 Å². The van der Waals surface area contributed by atoms with Crippen molar-refractivity contribution in [2.75, 3.05) is 5.73 Å². The molecule has 1 unspecified atom stereocenters. The molecule has 17 heavy (non-hydrogen) atoms. The van der Waals surface area contributed by atoms with Crippen LogP contribution in [0.25, 0.3) is 0 Å². The zero-order chi connectivity index (χ0) is 13.4. The van der Waals surface area contributed by atoms with Crippen LogP contribution in [0.2, 0.25) is 0 Å². The lowest BCUT2D eigenvalue weighted by Gasteiger charge is -2.26. The van der Waals surface area contributed by atoms with Crippen molar-refractivity contribution in [2.24, 2.45) is 11.1 Å². The van der Waals surface area contributed by atoms with Crippen molar-refractivity contribution in [1.29, 1.82) is 0 Å². The second-order valence-electron chi connectivity index (χ2n) is 5.75. The molecular formula is C12H22N4O. The van der Waals surface area contributed by atoms with Crippen molar-refractivity contribution in [3.63, 3.8) is 0 Å². The van der Waals surface area contributed by atoms with Gasteiger partial charge < -0.3 is 16.5 Å². The number of hydrogen-bond acceptors (Lipinski definition) is 4. The van der Waals surface area contributed by atoms with Crippen LogP contribution in [0, 0.1) is 5.41 Å². The number of aromatic nitrogens is 2. The van der Waals surface area contributed by atoms with Crippen molar-refractivity contribution < 1.29 is 0 Å². The molecule has 0 aliphatic rings. The number of nitrogens with one attached hydrogen (secondary N) is 1. The zero-order valence-electron chi connectivity index (χ0n) is 11.2. The molecule has 1 rings (SSSR count). The Balaban J connectivity index is 3.29. The van der Waals surface area contributed by atoms with Gasteiger partial charge in [-0.2, -0.15) is 0 Å². The fourth-order valence-corrected chi connectivity index (χ4v) is 1.63. The van der Waals surface area contributed by atoms with Crippen LogP contribution < -0.4 is 17.0 Å². The third-order valence-electron chi connectivity index (χ3n) is 2.81. The normalized spacial score (nSPS) is 14.1. The Kier molecular flexibility index (Phi) is 3.62. The van der Waals surface area contributed by atoms with Crippen molar-refractivity contribution in [2.45, 2.75) is 46.6 Å². The van der Waals surface area contributed by atoms with Crippen LogP contribution >= 0.6 is 0 Å². The van der Waals surface area contributed by atoms with Gasteiger partial charge in [-0.3, -0.25) is 4.79 Å². The third kappa shape index (κ3) is 2.85. The topological polar surface area (TPSA) is 97.8 Å². The van der Waals surface area contributed by atoms with E-state index in [1.807, 2.05) is 34.6 Å². The molecule has 1 heterocycles. The molecule has 0 aliphatic heterocycles. The monoisotopic (exact) mass is 238 g/mol. The smallest absolute Gasteiger partial charge is 0.256 e. The molecule has 0 amide bonds. The van der Waals surface area contributed by atoms with Gasteiger partial charge in [-0.05, 0) is 11.3 Å². The second kappa shape index (κ2) is 4.49. The fourth-order valence-electron chi connectivity index (χ4n) is 1.63. The average molecular weight is 238 g/mol. The van der Waals surface area contributed by atoms with Gasteiger partial charge in [-0.1, -0.05) is 34.6 Å². The number of nitrogens with two attached hydrogens (primary N) is 2. The lowest BCUT2D eigenvalue weighted by Crippen LogP contribution is -2.31. The van der Waals surface area contributed by atoms with Gasteiger partial charge in [0.05, 0.1) is 11.6 Å². The van der Waals surface area contributed by atoms with Gasteiger partial charge in [-0.15, -0.1) is 0 Å². The Morgan fingerprint density at radius 3 is 2.18 bits per heavy atom. The van der Waals surface area contributed by atoms with E-state index < -0.39 is 0 Å². The summed E-state index contributed by atoms with van der Waals surface area (Å²) in [6.45, 7) is 9.79. The van der Waals surface area contributed by atoms with E-state index in [0.717, 1.165) is 0 Å². The summed E-state index contributed by atoms with van der Waals surface area (Å²) in [7, 11) is 0. The van der Waals surface area contributed by atoms with Crippen LogP contribution in [0.3, 0.4) is 0 Å². The molecule has 1 atom stereocenters. The second-order valence-corrected chi connectivity index (χ2v) is 5.75. The number of rotatable bonds is 2. The molecule has 0 aliphatic carbocycles. The summed E-state index contributed by atoms with van der Waals surface area (Å²) in [4.78, 5) is 18.9. The Labute approximate surface area is 102 Å².